The highest BCUT2D eigenvalue weighted by Crippen LogP contribution is 2.23. The van der Waals surface area contributed by atoms with Gasteiger partial charge in [-0.25, -0.2) is 0 Å². The number of anilines is 1. The fraction of sp³-hybridized carbons (Fsp3) is 0.182. The number of para-hydroxylation sites is 2. The first kappa shape index (κ1) is 9.98. The van der Waals surface area contributed by atoms with E-state index in [1.807, 2.05) is 36.0 Å². The molecule has 0 bridgehead atoms. The standard InChI is InChI=1S/C11H12N2OS/c1-14-11-5-3-2-4-10(11)13-7-9-6-12-8-15-9/h2-6,8,13H,7H2,1H3. The monoisotopic (exact) mass is 220 g/mol. The molecule has 1 aromatic carbocycles. The van der Waals surface area contributed by atoms with Crippen molar-refractivity contribution in [1.29, 1.82) is 0 Å². The number of rotatable bonds is 4. The third kappa shape index (κ3) is 2.47. The topological polar surface area (TPSA) is 34.1 Å². The maximum atomic E-state index is 5.24. The molecule has 0 saturated heterocycles. The Labute approximate surface area is 92.7 Å². The van der Waals surface area contributed by atoms with Crippen LogP contribution in [0.15, 0.2) is 36.0 Å². The van der Waals surface area contributed by atoms with Gasteiger partial charge in [-0.15, -0.1) is 11.3 Å². The lowest BCUT2D eigenvalue weighted by molar-refractivity contribution is 0.416. The van der Waals surface area contributed by atoms with Crippen LogP contribution < -0.4 is 10.1 Å². The van der Waals surface area contributed by atoms with Crippen LogP contribution in [0.2, 0.25) is 0 Å². The van der Waals surface area contributed by atoms with Crippen LogP contribution in [0.3, 0.4) is 0 Å². The van der Waals surface area contributed by atoms with E-state index < -0.39 is 0 Å². The van der Waals surface area contributed by atoms with Gasteiger partial charge in [0.15, 0.2) is 0 Å². The van der Waals surface area contributed by atoms with Gasteiger partial charge in [-0.05, 0) is 12.1 Å². The third-order valence-electron chi connectivity index (χ3n) is 2.04. The Hall–Kier alpha value is -1.55. The second-order valence-corrected chi connectivity index (χ2v) is 3.99. The maximum Gasteiger partial charge on any atom is 0.141 e. The van der Waals surface area contributed by atoms with Crippen LogP contribution in [0.5, 0.6) is 5.75 Å². The lowest BCUT2D eigenvalue weighted by Gasteiger charge is -2.09. The highest BCUT2D eigenvalue weighted by Gasteiger charge is 2.00. The second-order valence-electron chi connectivity index (χ2n) is 3.02. The lowest BCUT2D eigenvalue weighted by Crippen LogP contribution is -1.99. The van der Waals surface area contributed by atoms with Gasteiger partial charge in [0.2, 0.25) is 0 Å². The molecule has 2 aromatic rings. The van der Waals surface area contributed by atoms with Gasteiger partial charge in [-0.1, -0.05) is 12.1 Å². The highest BCUT2D eigenvalue weighted by atomic mass is 32.1. The summed E-state index contributed by atoms with van der Waals surface area (Å²) >= 11 is 1.64. The van der Waals surface area contributed by atoms with Gasteiger partial charge in [0.1, 0.15) is 5.75 Å². The van der Waals surface area contributed by atoms with Crippen molar-refractivity contribution in [3.8, 4) is 5.75 Å². The summed E-state index contributed by atoms with van der Waals surface area (Å²) in [6.45, 7) is 0.783. The van der Waals surface area contributed by atoms with E-state index in [9.17, 15) is 0 Å². The number of methoxy groups -OCH3 is 1. The van der Waals surface area contributed by atoms with E-state index in [1.165, 1.54) is 4.88 Å². The first-order valence-corrected chi connectivity index (χ1v) is 5.52. The maximum absolute atomic E-state index is 5.24. The summed E-state index contributed by atoms with van der Waals surface area (Å²) in [5.41, 5.74) is 2.84. The number of hydrogen-bond donors (Lipinski definition) is 1. The minimum absolute atomic E-state index is 0.783. The molecule has 0 aliphatic carbocycles. The van der Waals surface area contributed by atoms with Crippen LogP contribution in [0.1, 0.15) is 4.88 Å². The molecule has 1 aromatic heterocycles. The van der Waals surface area contributed by atoms with Crippen LogP contribution in [-0.2, 0) is 6.54 Å². The number of nitrogens with one attached hydrogen (secondary N) is 1. The van der Waals surface area contributed by atoms with Crippen LogP contribution in [-0.4, -0.2) is 12.1 Å². The summed E-state index contributed by atoms with van der Waals surface area (Å²) < 4.78 is 5.24. The molecule has 1 N–H and O–H groups in total. The van der Waals surface area contributed by atoms with Crippen molar-refractivity contribution in [2.75, 3.05) is 12.4 Å². The van der Waals surface area contributed by atoms with Crippen molar-refractivity contribution in [2.45, 2.75) is 6.54 Å². The summed E-state index contributed by atoms with van der Waals surface area (Å²) in [5, 5.41) is 3.31. The molecule has 2 rings (SSSR count). The first-order chi connectivity index (χ1) is 7.40. The van der Waals surface area contributed by atoms with Crippen molar-refractivity contribution < 1.29 is 4.74 Å². The van der Waals surface area contributed by atoms with Crippen molar-refractivity contribution in [1.82, 2.24) is 4.98 Å². The highest BCUT2D eigenvalue weighted by molar-refractivity contribution is 7.09. The van der Waals surface area contributed by atoms with Gasteiger partial charge in [-0.3, -0.25) is 4.98 Å². The predicted molar refractivity (Wildman–Crippen MR) is 62.4 cm³/mol. The van der Waals surface area contributed by atoms with E-state index in [1.54, 1.807) is 18.4 Å². The summed E-state index contributed by atoms with van der Waals surface area (Å²) in [6, 6.07) is 7.88. The van der Waals surface area contributed by atoms with Gasteiger partial charge in [-0.2, -0.15) is 0 Å². The Balaban J connectivity index is 2.04. The van der Waals surface area contributed by atoms with E-state index in [0.29, 0.717) is 0 Å². The molecule has 0 fully saturated rings. The van der Waals surface area contributed by atoms with Gasteiger partial charge in [0.25, 0.3) is 0 Å². The number of ether oxygens (including phenoxy) is 1. The zero-order valence-corrected chi connectivity index (χ0v) is 9.25. The molecule has 0 radical (unpaired) electrons. The molecule has 0 spiro atoms. The van der Waals surface area contributed by atoms with Gasteiger partial charge < -0.3 is 10.1 Å². The largest absolute Gasteiger partial charge is 0.495 e. The van der Waals surface area contributed by atoms with Crippen molar-refractivity contribution in [2.24, 2.45) is 0 Å². The molecule has 0 amide bonds. The van der Waals surface area contributed by atoms with Gasteiger partial charge in [0, 0.05) is 11.1 Å². The van der Waals surface area contributed by atoms with Crippen LogP contribution >= 0.6 is 11.3 Å². The van der Waals surface area contributed by atoms with Gasteiger partial charge in [0.05, 0.1) is 24.9 Å². The molecule has 0 unspecified atom stereocenters. The summed E-state index contributed by atoms with van der Waals surface area (Å²) in [4.78, 5) is 5.23. The Morgan fingerprint density at radius 2 is 2.27 bits per heavy atom. The lowest BCUT2D eigenvalue weighted by atomic mass is 10.3. The Kier molecular flexibility index (Phi) is 3.19. The number of thiazole rings is 1. The van der Waals surface area contributed by atoms with Crippen LogP contribution in [0.25, 0.3) is 0 Å². The predicted octanol–water partition coefficient (Wildman–Crippen LogP) is 2.76. The minimum Gasteiger partial charge on any atom is -0.495 e. The van der Waals surface area contributed by atoms with E-state index in [4.69, 9.17) is 4.74 Å². The smallest absolute Gasteiger partial charge is 0.141 e. The molecule has 4 heteroatoms. The fourth-order valence-electron chi connectivity index (χ4n) is 1.30. The number of hydrogen-bond acceptors (Lipinski definition) is 4. The third-order valence-corrected chi connectivity index (χ3v) is 2.82. The molecule has 15 heavy (non-hydrogen) atoms. The quantitative estimate of drug-likeness (QED) is 0.860. The van der Waals surface area contributed by atoms with E-state index in [-0.39, 0.29) is 0 Å². The second kappa shape index (κ2) is 4.79. The average Bonchev–Trinajstić information content (AvgIpc) is 2.79. The first-order valence-electron chi connectivity index (χ1n) is 4.64. The SMILES string of the molecule is COc1ccccc1NCc1cncs1. The summed E-state index contributed by atoms with van der Waals surface area (Å²) in [6.07, 6.45) is 1.87. The van der Waals surface area contributed by atoms with Crippen molar-refractivity contribution in [3.05, 3.63) is 40.8 Å². The molecule has 0 aliphatic heterocycles. The molecule has 78 valence electrons. The Morgan fingerprint density at radius 1 is 1.40 bits per heavy atom. The van der Waals surface area contributed by atoms with E-state index >= 15 is 0 Å². The molecule has 0 atom stereocenters. The van der Waals surface area contributed by atoms with Gasteiger partial charge >= 0.3 is 0 Å². The minimum atomic E-state index is 0.783. The molecule has 1 heterocycles. The van der Waals surface area contributed by atoms with Crippen molar-refractivity contribution >= 4 is 17.0 Å². The molecular weight excluding hydrogens is 208 g/mol. The van der Waals surface area contributed by atoms with E-state index in [2.05, 4.69) is 10.3 Å². The summed E-state index contributed by atoms with van der Waals surface area (Å²) in [5.74, 6) is 0.863. The molecule has 0 saturated carbocycles. The summed E-state index contributed by atoms with van der Waals surface area (Å²) in [7, 11) is 1.67. The average molecular weight is 220 g/mol. The number of nitrogens with zero attached hydrogens (tertiary/aromatic N) is 1. The zero-order chi connectivity index (χ0) is 10.5. The molecular formula is C11H12N2OS. The van der Waals surface area contributed by atoms with E-state index in [0.717, 1.165) is 18.0 Å². The van der Waals surface area contributed by atoms with Crippen LogP contribution in [0.4, 0.5) is 5.69 Å². The van der Waals surface area contributed by atoms with Crippen molar-refractivity contribution in [3.63, 3.8) is 0 Å². The fourth-order valence-corrected chi connectivity index (χ4v) is 1.84. The Bertz CT molecular complexity index is 414. The molecule has 0 aliphatic rings. The molecule has 3 nitrogen and oxygen atoms in total. The number of benzene rings is 1. The zero-order valence-electron chi connectivity index (χ0n) is 8.43. The number of aromatic nitrogens is 1. The Morgan fingerprint density at radius 3 is 3.00 bits per heavy atom. The van der Waals surface area contributed by atoms with Crippen LogP contribution in [0, 0.1) is 0 Å². The normalized spacial score (nSPS) is 9.93.